The van der Waals surface area contributed by atoms with Crippen molar-refractivity contribution in [2.45, 2.75) is 19.9 Å². The van der Waals surface area contributed by atoms with Crippen molar-refractivity contribution >= 4 is 46.6 Å². The van der Waals surface area contributed by atoms with Crippen molar-refractivity contribution < 1.29 is 23.8 Å². The summed E-state index contributed by atoms with van der Waals surface area (Å²) < 4.78 is 15.2. The van der Waals surface area contributed by atoms with Crippen LogP contribution in [0.2, 0.25) is 5.02 Å². The second-order valence-corrected chi connectivity index (χ2v) is 6.80. The molecule has 3 rings (SSSR count). The molecular weight excluding hydrogens is 433 g/mol. The normalized spacial score (nSPS) is 10.4. The molecule has 2 N–H and O–H groups in total. The molecule has 1 heterocycles. The number of phenols is 1. The maximum absolute atomic E-state index is 12.5. The zero-order valence-corrected chi connectivity index (χ0v) is 18.1. The SMILES string of the molecule is COC(=O)Cc1c(C)c2ccc(O)c(CNc3ccc(OC)c(Cl)c3)c2oc1=O.Cl. The fraction of sp³-hybridized carbons (Fsp3) is 0.238. The largest absolute Gasteiger partial charge is 0.507 e. The highest BCUT2D eigenvalue weighted by atomic mass is 35.5. The van der Waals surface area contributed by atoms with E-state index in [1.807, 2.05) is 0 Å². The minimum atomic E-state index is -0.639. The quantitative estimate of drug-likeness (QED) is 0.425. The summed E-state index contributed by atoms with van der Waals surface area (Å²) in [5.74, 6) is -0.00494. The number of anilines is 1. The first-order valence-electron chi connectivity index (χ1n) is 8.77. The van der Waals surface area contributed by atoms with Crippen LogP contribution in [0.25, 0.3) is 11.0 Å². The van der Waals surface area contributed by atoms with Crippen LogP contribution >= 0.6 is 24.0 Å². The van der Waals surface area contributed by atoms with Gasteiger partial charge in [0.1, 0.15) is 17.1 Å². The molecule has 0 saturated heterocycles. The van der Waals surface area contributed by atoms with Gasteiger partial charge in [-0.3, -0.25) is 4.79 Å². The summed E-state index contributed by atoms with van der Waals surface area (Å²) in [4.78, 5) is 24.1. The van der Waals surface area contributed by atoms with E-state index in [2.05, 4.69) is 10.1 Å². The number of ether oxygens (including phenoxy) is 2. The van der Waals surface area contributed by atoms with Crippen molar-refractivity contribution in [2.75, 3.05) is 19.5 Å². The molecular formula is C21H21Cl2NO6. The van der Waals surface area contributed by atoms with Crippen LogP contribution in [0, 0.1) is 6.92 Å². The van der Waals surface area contributed by atoms with Crippen LogP contribution in [0.1, 0.15) is 16.7 Å². The number of benzene rings is 2. The molecule has 160 valence electrons. The van der Waals surface area contributed by atoms with Gasteiger partial charge in [0, 0.05) is 17.6 Å². The summed E-state index contributed by atoms with van der Waals surface area (Å²) in [6.07, 6.45) is -0.181. The molecule has 0 aliphatic carbocycles. The van der Waals surface area contributed by atoms with Crippen molar-refractivity contribution in [1.29, 1.82) is 0 Å². The maximum Gasteiger partial charge on any atom is 0.340 e. The third kappa shape index (κ3) is 4.63. The standard InChI is InChI=1S/C21H20ClNO6.ClH/c1-11-13-5-6-17(24)15(10-23-12-4-7-18(27-2)16(22)8-12)20(13)29-21(26)14(11)9-19(25)28-3;/h4-8,23-24H,9-10H2,1-3H3;1H. The number of hydrogen-bond acceptors (Lipinski definition) is 7. The lowest BCUT2D eigenvalue weighted by molar-refractivity contribution is -0.139. The molecule has 0 fully saturated rings. The Labute approximate surface area is 184 Å². The number of aryl methyl sites for hydroxylation is 1. The Balaban J connectivity index is 0.00000320. The van der Waals surface area contributed by atoms with Crippen molar-refractivity contribution in [3.05, 3.63) is 62.5 Å². The molecule has 0 saturated carbocycles. The molecule has 0 unspecified atom stereocenters. The highest BCUT2D eigenvalue weighted by molar-refractivity contribution is 6.32. The number of rotatable bonds is 6. The first-order valence-corrected chi connectivity index (χ1v) is 9.14. The Kier molecular flexibility index (Phi) is 7.59. The Morgan fingerprint density at radius 2 is 1.93 bits per heavy atom. The summed E-state index contributed by atoms with van der Waals surface area (Å²) >= 11 is 6.14. The van der Waals surface area contributed by atoms with Gasteiger partial charge in [-0.15, -0.1) is 12.4 Å². The zero-order chi connectivity index (χ0) is 21.1. The van der Waals surface area contributed by atoms with Gasteiger partial charge in [0.25, 0.3) is 0 Å². The van der Waals surface area contributed by atoms with Crippen molar-refractivity contribution in [3.63, 3.8) is 0 Å². The number of aromatic hydroxyl groups is 1. The van der Waals surface area contributed by atoms with E-state index in [1.54, 1.807) is 31.2 Å². The van der Waals surface area contributed by atoms with E-state index < -0.39 is 11.6 Å². The molecule has 0 bridgehead atoms. The highest BCUT2D eigenvalue weighted by Crippen LogP contribution is 2.31. The summed E-state index contributed by atoms with van der Waals surface area (Å²) in [6.45, 7) is 1.92. The second kappa shape index (κ2) is 9.73. The van der Waals surface area contributed by atoms with Gasteiger partial charge in [-0.25, -0.2) is 4.79 Å². The van der Waals surface area contributed by atoms with E-state index in [0.29, 0.717) is 33.0 Å². The van der Waals surface area contributed by atoms with Crippen LogP contribution in [-0.4, -0.2) is 25.3 Å². The Hall–Kier alpha value is -2.90. The van der Waals surface area contributed by atoms with E-state index >= 15 is 0 Å². The smallest absolute Gasteiger partial charge is 0.340 e. The van der Waals surface area contributed by atoms with Crippen LogP contribution in [0.5, 0.6) is 11.5 Å². The number of nitrogens with one attached hydrogen (secondary N) is 1. The van der Waals surface area contributed by atoms with Gasteiger partial charge in [-0.2, -0.15) is 0 Å². The van der Waals surface area contributed by atoms with E-state index in [9.17, 15) is 14.7 Å². The van der Waals surface area contributed by atoms with Crippen molar-refractivity contribution in [3.8, 4) is 11.5 Å². The van der Waals surface area contributed by atoms with Crippen molar-refractivity contribution in [1.82, 2.24) is 0 Å². The van der Waals surface area contributed by atoms with Crippen LogP contribution in [0.3, 0.4) is 0 Å². The van der Waals surface area contributed by atoms with E-state index in [4.69, 9.17) is 20.8 Å². The number of esters is 1. The molecule has 0 amide bonds. The predicted molar refractivity (Wildman–Crippen MR) is 117 cm³/mol. The van der Waals surface area contributed by atoms with Crippen LogP contribution < -0.4 is 15.7 Å². The van der Waals surface area contributed by atoms with E-state index in [-0.39, 0.29) is 42.3 Å². The van der Waals surface area contributed by atoms with Gasteiger partial charge in [-0.05, 0) is 42.8 Å². The molecule has 30 heavy (non-hydrogen) atoms. The third-order valence-electron chi connectivity index (χ3n) is 4.70. The van der Waals surface area contributed by atoms with Gasteiger partial charge < -0.3 is 24.3 Å². The number of fused-ring (bicyclic) bond motifs is 1. The molecule has 9 heteroatoms. The summed E-state index contributed by atoms with van der Waals surface area (Å²) in [5.41, 5.74) is 1.58. The lowest BCUT2D eigenvalue weighted by Gasteiger charge is -2.13. The number of carbonyl (C=O) groups excluding carboxylic acids is 1. The maximum atomic E-state index is 12.5. The predicted octanol–water partition coefficient (Wildman–Crippen LogP) is 4.22. The van der Waals surface area contributed by atoms with Crippen LogP contribution in [-0.2, 0) is 22.5 Å². The van der Waals surface area contributed by atoms with Gasteiger partial charge >= 0.3 is 11.6 Å². The molecule has 3 aromatic rings. The van der Waals surface area contributed by atoms with Gasteiger partial charge in [0.2, 0.25) is 0 Å². The molecule has 0 spiro atoms. The highest BCUT2D eigenvalue weighted by Gasteiger charge is 2.18. The topological polar surface area (TPSA) is 98.0 Å². The molecule has 2 aromatic carbocycles. The Morgan fingerprint density at radius 3 is 2.57 bits per heavy atom. The second-order valence-electron chi connectivity index (χ2n) is 6.39. The summed E-state index contributed by atoms with van der Waals surface area (Å²) in [6, 6.07) is 8.37. The molecule has 0 aliphatic rings. The number of methoxy groups -OCH3 is 2. The summed E-state index contributed by atoms with van der Waals surface area (Å²) in [7, 11) is 2.79. The number of phenolic OH excluding ortho intramolecular Hbond substituents is 1. The Morgan fingerprint density at radius 1 is 1.20 bits per heavy atom. The van der Waals surface area contributed by atoms with Gasteiger partial charge in [0.05, 0.1) is 36.8 Å². The monoisotopic (exact) mass is 453 g/mol. The average molecular weight is 454 g/mol. The van der Waals surface area contributed by atoms with Crippen LogP contribution in [0.15, 0.2) is 39.5 Å². The van der Waals surface area contributed by atoms with Crippen molar-refractivity contribution in [2.24, 2.45) is 0 Å². The minimum Gasteiger partial charge on any atom is -0.507 e. The van der Waals surface area contributed by atoms with Crippen LogP contribution in [0.4, 0.5) is 5.69 Å². The fourth-order valence-corrected chi connectivity index (χ4v) is 3.32. The average Bonchev–Trinajstić information content (AvgIpc) is 2.70. The minimum absolute atomic E-state index is 0. The number of carbonyl (C=O) groups is 1. The fourth-order valence-electron chi connectivity index (χ4n) is 3.06. The lowest BCUT2D eigenvalue weighted by Crippen LogP contribution is -2.16. The number of hydrogen-bond donors (Lipinski definition) is 2. The summed E-state index contributed by atoms with van der Waals surface area (Å²) in [5, 5.41) is 14.6. The first kappa shape index (κ1) is 23.4. The van der Waals surface area contributed by atoms with Gasteiger partial charge in [0.15, 0.2) is 0 Å². The molecule has 0 atom stereocenters. The third-order valence-corrected chi connectivity index (χ3v) is 5.00. The molecule has 0 aliphatic heterocycles. The van der Waals surface area contributed by atoms with E-state index in [0.717, 1.165) is 0 Å². The lowest BCUT2D eigenvalue weighted by atomic mass is 10.0. The molecule has 7 nitrogen and oxygen atoms in total. The molecule has 1 aromatic heterocycles. The Bertz CT molecular complexity index is 1140. The zero-order valence-electron chi connectivity index (χ0n) is 16.6. The number of halogens is 2. The van der Waals surface area contributed by atoms with Gasteiger partial charge in [-0.1, -0.05) is 11.6 Å². The van der Waals surface area contributed by atoms with E-state index in [1.165, 1.54) is 20.3 Å². The first-order chi connectivity index (χ1) is 13.8. The molecule has 0 radical (unpaired) electrons.